The van der Waals surface area contributed by atoms with Crippen molar-refractivity contribution in [2.45, 2.75) is 71.5 Å². The molecule has 0 saturated heterocycles. The molecule has 0 spiro atoms. The minimum absolute atomic E-state index is 0.0889. The summed E-state index contributed by atoms with van der Waals surface area (Å²) in [4.78, 5) is 28.7. The molecule has 1 atom stereocenters. The van der Waals surface area contributed by atoms with Crippen molar-refractivity contribution in [1.29, 1.82) is 0 Å². The van der Waals surface area contributed by atoms with E-state index in [4.69, 9.17) is 0 Å². The van der Waals surface area contributed by atoms with Gasteiger partial charge in [-0.2, -0.15) is 0 Å². The van der Waals surface area contributed by atoms with Crippen molar-refractivity contribution in [3.05, 3.63) is 95.1 Å². The van der Waals surface area contributed by atoms with E-state index < -0.39 is 34.1 Å². The lowest BCUT2D eigenvalue weighted by atomic mass is 10.1. The Balaban J connectivity index is 2.03. The monoisotopic (exact) mass is 549 g/mol. The van der Waals surface area contributed by atoms with Gasteiger partial charge >= 0.3 is 0 Å². The van der Waals surface area contributed by atoms with Crippen molar-refractivity contribution in [3.8, 4) is 0 Å². The highest BCUT2D eigenvalue weighted by molar-refractivity contribution is 7.92. The largest absolute Gasteiger partial charge is 0.350 e. The molecule has 8 heteroatoms. The van der Waals surface area contributed by atoms with E-state index in [9.17, 15) is 18.0 Å². The van der Waals surface area contributed by atoms with Crippen LogP contribution in [0, 0.1) is 20.8 Å². The van der Waals surface area contributed by atoms with E-state index in [1.54, 1.807) is 49.4 Å². The average Bonchev–Trinajstić information content (AvgIpc) is 2.85. The SMILES string of the molecule is Cc1ccc(CN(C(=O)CN(c2cccc(C)c2)S(=O)(=O)c2ccc(C)cc2)[C@H](C)C(=O)NC(C)(C)C)cc1. The van der Waals surface area contributed by atoms with Crippen molar-refractivity contribution in [3.63, 3.8) is 0 Å². The van der Waals surface area contributed by atoms with Crippen LogP contribution >= 0.6 is 0 Å². The highest BCUT2D eigenvalue weighted by Gasteiger charge is 2.33. The topological polar surface area (TPSA) is 86.8 Å². The maximum atomic E-state index is 14.0. The van der Waals surface area contributed by atoms with E-state index in [1.165, 1.54) is 4.90 Å². The van der Waals surface area contributed by atoms with Crippen LogP contribution in [0.5, 0.6) is 0 Å². The van der Waals surface area contributed by atoms with Crippen molar-refractivity contribution in [2.75, 3.05) is 10.8 Å². The lowest BCUT2D eigenvalue weighted by Gasteiger charge is -2.33. The first-order valence-electron chi connectivity index (χ1n) is 13.0. The number of anilines is 1. The third-order valence-corrected chi connectivity index (χ3v) is 8.10. The van der Waals surface area contributed by atoms with Crippen molar-refractivity contribution < 1.29 is 18.0 Å². The van der Waals surface area contributed by atoms with Gasteiger partial charge in [-0.3, -0.25) is 13.9 Å². The molecule has 0 fully saturated rings. The van der Waals surface area contributed by atoms with E-state index in [1.807, 2.05) is 71.9 Å². The Labute approximate surface area is 232 Å². The summed E-state index contributed by atoms with van der Waals surface area (Å²) in [5, 5.41) is 2.94. The smallest absolute Gasteiger partial charge is 0.264 e. The van der Waals surface area contributed by atoms with Crippen LogP contribution in [0.3, 0.4) is 0 Å². The first-order valence-corrected chi connectivity index (χ1v) is 14.4. The number of carbonyl (C=O) groups excluding carboxylic acids is 2. The molecule has 1 N–H and O–H groups in total. The predicted molar refractivity (Wildman–Crippen MR) is 156 cm³/mol. The number of rotatable bonds is 9. The molecule has 3 aromatic rings. The highest BCUT2D eigenvalue weighted by Crippen LogP contribution is 2.26. The van der Waals surface area contributed by atoms with E-state index in [0.29, 0.717) is 5.69 Å². The lowest BCUT2D eigenvalue weighted by molar-refractivity contribution is -0.140. The minimum atomic E-state index is -4.08. The zero-order valence-corrected chi connectivity index (χ0v) is 24.7. The van der Waals surface area contributed by atoms with Crippen molar-refractivity contribution >= 4 is 27.5 Å². The summed E-state index contributed by atoms with van der Waals surface area (Å²) in [5.41, 5.74) is 3.59. The number of nitrogens with zero attached hydrogens (tertiary/aromatic N) is 2. The van der Waals surface area contributed by atoms with Gasteiger partial charge in [0, 0.05) is 12.1 Å². The molecule has 0 radical (unpaired) electrons. The first kappa shape index (κ1) is 29.9. The third kappa shape index (κ3) is 7.93. The fourth-order valence-electron chi connectivity index (χ4n) is 4.10. The maximum Gasteiger partial charge on any atom is 0.264 e. The molecule has 0 aliphatic rings. The Morgan fingerprint density at radius 2 is 1.41 bits per heavy atom. The molecule has 0 saturated carbocycles. The number of carbonyl (C=O) groups is 2. The second-order valence-electron chi connectivity index (χ2n) is 11.1. The molecule has 3 rings (SSSR count). The van der Waals surface area contributed by atoms with Gasteiger partial charge in [-0.25, -0.2) is 8.42 Å². The molecule has 0 heterocycles. The Morgan fingerprint density at radius 1 is 0.846 bits per heavy atom. The average molecular weight is 550 g/mol. The molecule has 39 heavy (non-hydrogen) atoms. The standard InChI is InChI=1S/C31H39N3O4S/c1-22-11-15-26(16-12-22)20-33(25(4)30(36)32-31(5,6)7)29(35)21-34(27-10-8-9-24(3)19-27)39(37,38)28-17-13-23(2)14-18-28/h8-19,25H,20-21H2,1-7H3,(H,32,36)/t25-/m1/s1. The molecule has 0 bridgehead atoms. The number of sulfonamides is 1. The molecule has 7 nitrogen and oxygen atoms in total. The van der Waals surface area contributed by atoms with E-state index in [0.717, 1.165) is 26.6 Å². The number of hydrogen-bond acceptors (Lipinski definition) is 4. The summed E-state index contributed by atoms with van der Waals surface area (Å²) in [6.45, 7) is 12.7. The van der Waals surface area contributed by atoms with Crippen LogP contribution in [0.4, 0.5) is 5.69 Å². The second-order valence-corrected chi connectivity index (χ2v) is 12.9. The van der Waals surface area contributed by atoms with Crippen LogP contribution in [-0.2, 0) is 26.2 Å². The number of amides is 2. The van der Waals surface area contributed by atoms with Crippen molar-refractivity contribution in [1.82, 2.24) is 10.2 Å². The number of hydrogen-bond donors (Lipinski definition) is 1. The maximum absolute atomic E-state index is 14.0. The van der Waals surface area contributed by atoms with E-state index in [2.05, 4.69) is 5.32 Å². The number of benzene rings is 3. The van der Waals surface area contributed by atoms with Crippen LogP contribution in [0.2, 0.25) is 0 Å². The summed E-state index contributed by atoms with van der Waals surface area (Å²) in [7, 11) is -4.08. The summed E-state index contributed by atoms with van der Waals surface area (Å²) < 4.78 is 28.9. The summed E-state index contributed by atoms with van der Waals surface area (Å²) in [6, 6.07) is 20.4. The predicted octanol–water partition coefficient (Wildman–Crippen LogP) is 5.14. The Hall–Kier alpha value is -3.65. The van der Waals surface area contributed by atoms with Gasteiger partial charge < -0.3 is 10.2 Å². The van der Waals surface area contributed by atoms with Gasteiger partial charge in [0.15, 0.2) is 0 Å². The van der Waals surface area contributed by atoms with Gasteiger partial charge in [-0.1, -0.05) is 59.7 Å². The fraction of sp³-hybridized carbons (Fsp3) is 0.355. The van der Waals surface area contributed by atoms with Gasteiger partial charge in [-0.15, -0.1) is 0 Å². The van der Waals surface area contributed by atoms with Gasteiger partial charge in [0.1, 0.15) is 12.6 Å². The molecule has 0 aliphatic heterocycles. The molecule has 0 aliphatic carbocycles. The number of nitrogens with one attached hydrogen (secondary N) is 1. The zero-order chi connectivity index (χ0) is 29.0. The summed E-state index contributed by atoms with van der Waals surface area (Å²) in [5.74, 6) is -0.796. The molecule has 0 unspecified atom stereocenters. The van der Waals surface area contributed by atoms with Crippen LogP contribution in [0.15, 0.2) is 77.7 Å². The van der Waals surface area contributed by atoms with E-state index >= 15 is 0 Å². The Kier molecular flexibility index (Phi) is 9.22. The second kappa shape index (κ2) is 12.0. The molecule has 2 amide bonds. The summed E-state index contributed by atoms with van der Waals surface area (Å²) >= 11 is 0. The number of aryl methyl sites for hydroxylation is 3. The fourth-order valence-corrected chi connectivity index (χ4v) is 5.50. The molecular weight excluding hydrogens is 510 g/mol. The zero-order valence-electron chi connectivity index (χ0n) is 23.9. The van der Waals surface area contributed by atoms with Crippen LogP contribution in [-0.4, -0.2) is 43.3 Å². The highest BCUT2D eigenvalue weighted by atomic mass is 32.2. The van der Waals surface area contributed by atoms with Crippen LogP contribution < -0.4 is 9.62 Å². The minimum Gasteiger partial charge on any atom is -0.350 e. The van der Waals surface area contributed by atoms with Crippen LogP contribution in [0.1, 0.15) is 49.9 Å². The van der Waals surface area contributed by atoms with Crippen LogP contribution in [0.25, 0.3) is 0 Å². The normalized spacial score (nSPS) is 12.5. The van der Waals surface area contributed by atoms with Crippen molar-refractivity contribution in [2.24, 2.45) is 0 Å². The molecule has 208 valence electrons. The lowest BCUT2D eigenvalue weighted by Crippen LogP contribution is -2.54. The Bertz CT molecular complexity index is 1410. The van der Waals surface area contributed by atoms with Gasteiger partial charge in [0.05, 0.1) is 10.6 Å². The molecular formula is C31H39N3O4S. The van der Waals surface area contributed by atoms with Gasteiger partial charge in [0.25, 0.3) is 10.0 Å². The summed E-state index contributed by atoms with van der Waals surface area (Å²) in [6.07, 6.45) is 0. The molecule has 3 aromatic carbocycles. The third-order valence-electron chi connectivity index (χ3n) is 6.32. The van der Waals surface area contributed by atoms with Gasteiger partial charge in [0.2, 0.25) is 11.8 Å². The van der Waals surface area contributed by atoms with E-state index in [-0.39, 0.29) is 17.3 Å². The quantitative estimate of drug-likeness (QED) is 0.401. The first-order chi connectivity index (χ1) is 18.2. The Morgan fingerprint density at radius 3 is 1.95 bits per heavy atom. The molecule has 0 aromatic heterocycles. The van der Waals surface area contributed by atoms with Gasteiger partial charge in [-0.05, 0) is 83.9 Å².